The molecule has 18 heavy (non-hydrogen) atoms. The maximum atomic E-state index is 11.6. The highest BCUT2D eigenvalue weighted by atomic mass is 32.1. The Morgan fingerprint density at radius 3 is 3.06 bits per heavy atom. The van der Waals surface area contributed by atoms with Crippen LogP contribution in [-0.2, 0) is 6.54 Å². The maximum Gasteiger partial charge on any atom is 0.270 e. The van der Waals surface area contributed by atoms with Gasteiger partial charge in [0.1, 0.15) is 10.7 Å². The molecule has 0 aliphatic carbocycles. The standard InChI is InChI=1S/C13H15N3OS/c1-2-15-12(17)11-8-18-13(16-11)10-5-3-4-9(6-10)7-14/h3-6,8H,2,7,14H2,1H3,(H,15,17). The van der Waals surface area contributed by atoms with Gasteiger partial charge >= 0.3 is 0 Å². The van der Waals surface area contributed by atoms with Crippen LogP contribution < -0.4 is 11.1 Å². The molecule has 0 atom stereocenters. The van der Waals surface area contributed by atoms with Crippen molar-refractivity contribution in [2.75, 3.05) is 6.54 Å². The van der Waals surface area contributed by atoms with Crippen molar-refractivity contribution in [2.24, 2.45) is 5.73 Å². The lowest BCUT2D eigenvalue weighted by Gasteiger charge is -2.00. The molecule has 2 aromatic rings. The third-order valence-corrected chi connectivity index (χ3v) is 3.38. The minimum atomic E-state index is -0.130. The fourth-order valence-corrected chi connectivity index (χ4v) is 2.39. The fourth-order valence-electron chi connectivity index (χ4n) is 1.59. The fraction of sp³-hybridized carbons (Fsp3) is 0.231. The van der Waals surface area contributed by atoms with Gasteiger partial charge in [-0.05, 0) is 18.6 Å². The maximum absolute atomic E-state index is 11.6. The molecule has 0 saturated heterocycles. The summed E-state index contributed by atoms with van der Waals surface area (Å²) in [6, 6.07) is 7.90. The summed E-state index contributed by atoms with van der Waals surface area (Å²) in [6.45, 7) is 2.99. The Balaban J connectivity index is 2.26. The predicted octanol–water partition coefficient (Wildman–Crippen LogP) is 2.02. The molecule has 0 aliphatic heterocycles. The highest BCUT2D eigenvalue weighted by Gasteiger charge is 2.10. The van der Waals surface area contributed by atoms with E-state index >= 15 is 0 Å². The lowest BCUT2D eigenvalue weighted by atomic mass is 10.1. The van der Waals surface area contributed by atoms with Gasteiger partial charge in [-0.1, -0.05) is 18.2 Å². The normalized spacial score (nSPS) is 10.3. The topological polar surface area (TPSA) is 68.0 Å². The SMILES string of the molecule is CCNC(=O)c1csc(-c2cccc(CN)c2)n1. The van der Waals surface area contributed by atoms with Crippen molar-refractivity contribution in [3.8, 4) is 10.6 Å². The van der Waals surface area contributed by atoms with Crippen LogP contribution in [0.15, 0.2) is 29.6 Å². The first-order valence-electron chi connectivity index (χ1n) is 5.77. The van der Waals surface area contributed by atoms with E-state index in [9.17, 15) is 4.79 Å². The van der Waals surface area contributed by atoms with Crippen molar-refractivity contribution in [1.82, 2.24) is 10.3 Å². The summed E-state index contributed by atoms with van der Waals surface area (Å²) in [6.07, 6.45) is 0. The second-order valence-corrected chi connectivity index (χ2v) is 4.66. The first kappa shape index (κ1) is 12.7. The van der Waals surface area contributed by atoms with Crippen molar-refractivity contribution in [3.05, 3.63) is 40.9 Å². The van der Waals surface area contributed by atoms with Crippen LogP contribution in [0.3, 0.4) is 0 Å². The van der Waals surface area contributed by atoms with Gasteiger partial charge in [-0.25, -0.2) is 4.98 Å². The van der Waals surface area contributed by atoms with Crippen LogP contribution in [0.4, 0.5) is 0 Å². The molecular weight excluding hydrogens is 246 g/mol. The van der Waals surface area contributed by atoms with Crippen LogP contribution in [0.5, 0.6) is 0 Å². The average Bonchev–Trinajstić information content (AvgIpc) is 2.89. The number of rotatable bonds is 4. The van der Waals surface area contributed by atoms with Gasteiger partial charge < -0.3 is 11.1 Å². The van der Waals surface area contributed by atoms with Crippen molar-refractivity contribution in [2.45, 2.75) is 13.5 Å². The Kier molecular flexibility index (Phi) is 4.07. The average molecular weight is 261 g/mol. The summed E-state index contributed by atoms with van der Waals surface area (Å²) >= 11 is 1.46. The van der Waals surface area contributed by atoms with E-state index in [4.69, 9.17) is 5.73 Å². The molecule has 0 radical (unpaired) electrons. The summed E-state index contributed by atoms with van der Waals surface area (Å²) in [5.74, 6) is -0.130. The van der Waals surface area contributed by atoms with Gasteiger partial charge in [0.05, 0.1) is 0 Å². The van der Waals surface area contributed by atoms with Crippen molar-refractivity contribution >= 4 is 17.2 Å². The second-order valence-electron chi connectivity index (χ2n) is 3.80. The number of thiazole rings is 1. The highest BCUT2D eigenvalue weighted by Crippen LogP contribution is 2.24. The van der Waals surface area contributed by atoms with E-state index in [1.54, 1.807) is 5.38 Å². The van der Waals surface area contributed by atoms with Gasteiger partial charge in [0.2, 0.25) is 0 Å². The summed E-state index contributed by atoms with van der Waals surface area (Å²) in [4.78, 5) is 16.0. The third-order valence-electron chi connectivity index (χ3n) is 2.48. The third kappa shape index (κ3) is 2.75. The van der Waals surface area contributed by atoms with Crippen LogP contribution in [0.1, 0.15) is 23.0 Å². The molecule has 5 heteroatoms. The molecule has 1 aromatic heterocycles. The number of amides is 1. The first-order valence-corrected chi connectivity index (χ1v) is 6.65. The number of nitrogens with two attached hydrogens (primary N) is 1. The number of carbonyl (C=O) groups excluding carboxylic acids is 1. The number of aromatic nitrogens is 1. The molecular formula is C13H15N3OS. The first-order chi connectivity index (χ1) is 8.74. The number of carbonyl (C=O) groups is 1. The molecule has 2 rings (SSSR count). The molecule has 0 aliphatic rings. The summed E-state index contributed by atoms with van der Waals surface area (Å²) < 4.78 is 0. The minimum Gasteiger partial charge on any atom is -0.351 e. The number of hydrogen-bond acceptors (Lipinski definition) is 4. The van der Waals surface area contributed by atoms with Gasteiger partial charge in [0.25, 0.3) is 5.91 Å². The monoisotopic (exact) mass is 261 g/mol. The van der Waals surface area contributed by atoms with E-state index in [2.05, 4.69) is 10.3 Å². The molecule has 1 heterocycles. The Labute approximate surface area is 110 Å². The Morgan fingerprint density at radius 2 is 2.33 bits per heavy atom. The van der Waals surface area contributed by atoms with Crippen LogP contribution >= 0.6 is 11.3 Å². The van der Waals surface area contributed by atoms with Crippen LogP contribution in [0, 0.1) is 0 Å². The van der Waals surface area contributed by atoms with E-state index in [1.807, 2.05) is 31.2 Å². The summed E-state index contributed by atoms with van der Waals surface area (Å²) in [5, 5.41) is 5.35. The van der Waals surface area contributed by atoms with Gasteiger partial charge in [-0.3, -0.25) is 4.79 Å². The zero-order valence-corrected chi connectivity index (χ0v) is 11.0. The molecule has 4 nitrogen and oxygen atoms in total. The molecule has 0 bridgehead atoms. The number of nitrogens with one attached hydrogen (secondary N) is 1. The largest absolute Gasteiger partial charge is 0.351 e. The zero-order chi connectivity index (χ0) is 13.0. The molecule has 1 amide bonds. The molecule has 1 aromatic carbocycles. The van der Waals surface area contributed by atoms with E-state index in [1.165, 1.54) is 11.3 Å². The second kappa shape index (κ2) is 5.75. The molecule has 0 spiro atoms. The van der Waals surface area contributed by atoms with Gasteiger partial charge in [0.15, 0.2) is 0 Å². The van der Waals surface area contributed by atoms with Gasteiger partial charge in [0, 0.05) is 24.0 Å². The van der Waals surface area contributed by atoms with Crippen molar-refractivity contribution in [1.29, 1.82) is 0 Å². The number of benzene rings is 1. The predicted molar refractivity (Wildman–Crippen MR) is 73.4 cm³/mol. The van der Waals surface area contributed by atoms with Gasteiger partial charge in [-0.15, -0.1) is 11.3 Å². The zero-order valence-electron chi connectivity index (χ0n) is 10.1. The molecule has 0 unspecified atom stereocenters. The summed E-state index contributed by atoms with van der Waals surface area (Å²) in [5.41, 5.74) is 8.13. The lowest BCUT2D eigenvalue weighted by molar-refractivity contribution is 0.0951. The van der Waals surface area contributed by atoms with E-state index in [-0.39, 0.29) is 5.91 Å². The molecule has 94 valence electrons. The van der Waals surface area contributed by atoms with Crippen LogP contribution in [0.2, 0.25) is 0 Å². The van der Waals surface area contributed by atoms with E-state index < -0.39 is 0 Å². The van der Waals surface area contributed by atoms with E-state index in [0.717, 1.165) is 16.1 Å². The smallest absolute Gasteiger partial charge is 0.270 e. The molecule has 0 fully saturated rings. The number of nitrogens with zero attached hydrogens (tertiary/aromatic N) is 1. The summed E-state index contributed by atoms with van der Waals surface area (Å²) in [7, 11) is 0. The number of hydrogen-bond donors (Lipinski definition) is 2. The molecule has 0 saturated carbocycles. The Hall–Kier alpha value is -1.72. The van der Waals surface area contributed by atoms with E-state index in [0.29, 0.717) is 18.8 Å². The quantitative estimate of drug-likeness (QED) is 0.884. The van der Waals surface area contributed by atoms with Gasteiger partial charge in [-0.2, -0.15) is 0 Å². The van der Waals surface area contributed by atoms with Crippen molar-refractivity contribution < 1.29 is 4.79 Å². The lowest BCUT2D eigenvalue weighted by Crippen LogP contribution is -2.22. The van der Waals surface area contributed by atoms with Crippen LogP contribution in [0.25, 0.3) is 10.6 Å². The molecule has 3 N–H and O–H groups in total. The highest BCUT2D eigenvalue weighted by molar-refractivity contribution is 7.13. The Bertz CT molecular complexity index is 551. The Morgan fingerprint density at radius 1 is 1.50 bits per heavy atom. The van der Waals surface area contributed by atoms with Crippen molar-refractivity contribution in [3.63, 3.8) is 0 Å². The van der Waals surface area contributed by atoms with Crippen LogP contribution in [-0.4, -0.2) is 17.4 Å². The minimum absolute atomic E-state index is 0.130.